The summed E-state index contributed by atoms with van der Waals surface area (Å²) in [7, 11) is 0. The zero-order valence-electron chi connectivity index (χ0n) is 10.5. The Kier molecular flexibility index (Phi) is 4.14. The second kappa shape index (κ2) is 5.81. The van der Waals surface area contributed by atoms with Gasteiger partial charge in [-0.25, -0.2) is 14.3 Å². The molecule has 2 N–H and O–H groups in total. The van der Waals surface area contributed by atoms with Crippen molar-refractivity contribution in [2.45, 2.75) is 32.7 Å². The van der Waals surface area contributed by atoms with E-state index < -0.39 is 0 Å². The summed E-state index contributed by atoms with van der Waals surface area (Å²) in [6.07, 6.45) is 3.22. The third-order valence-corrected chi connectivity index (χ3v) is 3.62. The first-order valence-corrected chi connectivity index (χ1v) is 6.89. The van der Waals surface area contributed by atoms with Gasteiger partial charge in [0, 0.05) is 24.4 Å². The average Bonchev–Trinajstić information content (AvgIpc) is 2.93. The van der Waals surface area contributed by atoms with Crippen LogP contribution in [0.15, 0.2) is 11.7 Å². The molecule has 18 heavy (non-hydrogen) atoms. The standard InChI is InChI=1S/C11H17N5OS/c1-3-8(2)15-10(17)12-5-4-9-6-18-11-13-7-14-16(9)11/h6-8H,3-5H2,1-2H3,(H2,12,15,17). The molecule has 0 spiro atoms. The smallest absolute Gasteiger partial charge is 0.315 e. The molecule has 2 rings (SSSR count). The van der Waals surface area contributed by atoms with E-state index in [9.17, 15) is 4.79 Å². The Bertz CT molecular complexity index is 520. The van der Waals surface area contributed by atoms with Gasteiger partial charge in [-0.3, -0.25) is 0 Å². The van der Waals surface area contributed by atoms with Crippen molar-refractivity contribution in [1.82, 2.24) is 25.2 Å². The van der Waals surface area contributed by atoms with E-state index in [1.54, 1.807) is 22.2 Å². The SMILES string of the molecule is CCC(C)NC(=O)NCCc1csc2ncnn12. The molecule has 2 heterocycles. The van der Waals surface area contributed by atoms with Crippen LogP contribution in [0.1, 0.15) is 26.0 Å². The highest BCUT2D eigenvalue weighted by atomic mass is 32.1. The Hall–Kier alpha value is -1.63. The highest BCUT2D eigenvalue weighted by Crippen LogP contribution is 2.12. The summed E-state index contributed by atoms with van der Waals surface area (Å²) < 4.78 is 1.80. The molecule has 0 aliphatic carbocycles. The van der Waals surface area contributed by atoms with Crippen LogP contribution in [0.5, 0.6) is 0 Å². The van der Waals surface area contributed by atoms with E-state index in [1.807, 2.05) is 19.2 Å². The van der Waals surface area contributed by atoms with Crippen molar-refractivity contribution in [1.29, 1.82) is 0 Å². The molecule has 0 saturated heterocycles. The third-order valence-electron chi connectivity index (χ3n) is 2.75. The van der Waals surface area contributed by atoms with Crippen molar-refractivity contribution in [3.05, 3.63) is 17.4 Å². The summed E-state index contributed by atoms with van der Waals surface area (Å²) in [6.45, 7) is 4.61. The van der Waals surface area contributed by atoms with Gasteiger partial charge in [0.25, 0.3) is 0 Å². The molecule has 0 aliphatic rings. The van der Waals surface area contributed by atoms with Crippen molar-refractivity contribution in [2.24, 2.45) is 0 Å². The second-order valence-electron chi connectivity index (χ2n) is 4.14. The molecule has 2 amide bonds. The van der Waals surface area contributed by atoms with Crippen molar-refractivity contribution in [3.8, 4) is 0 Å². The summed E-state index contributed by atoms with van der Waals surface area (Å²) in [6, 6.07) is 0.0857. The van der Waals surface area contributed by atoms with Crippen molar-refractivity contribution < 1.29 is 4.79 Å². The molecule has 7 heteroatoms. The lowest BCUT2D eigenvalue weighted by atomic mass is 10.3. The van der Waals surface area contributed by atoms with E-state index in [1.165, 1.54) is 0 Å². The van der Waals surface area contributed by atoms with Gasteiger partial charge in [0.1, 0.15) is 6.33 Å². The largest absolute Gasteiger partial charge is 0.338 e. The lowest BCUT2D eigenvalue weighted by Crippen LogP contribution is -2.41. The Morgan fingerprint density at radius 3 is 3.22 bits per heavy atom. The Morgan fingerprint density at radius 1 is 1.61 bits per heavy atom. The molecule has 98 valence electrons. The van der Waals surface area contributed by atoms with Crippen LogP contribution in [-0.4, -0.2) is 33.2 Å². The highest BCUT2D eigenvalue weighted by Gasteiger charge is 2.07. The maximum atomic E-state index is 11.5. The minimum absolute atomic E-state index is 0.116. The van der Waals surface area contributed by atoms with Gasteiger partial charge < -0.3 is 10.6 Å². The molecule has 0 bridgehead atoms. The molecule has 0 saturated carbocycles. The Morgan fingerprint density at radius 2 is 2.44 bits per heavy atom. The number of urea groups is 1. The van der Waals surface area contributed by atoms with E-state index >= 15 is 0 Å². The third kappa shape index (κ3) is 2.98. The molecule has 2 aromatic rings. The topological polar surface area (TPSA) is 71.3 Å². The minimum atomic E-state index is -0.116. The fraction of sp³-hybridized carbons (Fsp3) is 0.545. The maximum absolute atomic E-state index is 11.5. The predicted octanol–water partition coefficient (Wildman–Crippen LogP) is 1.43. The van der Waals surface area contributed by atoms with Crippen LogP contribution in [0.4, 0.5) is 4.79 Å². The number of thiazole rings is 1. The van der Waals surface area contributed by atoms with Crippen LogP contribution < -0.4 is 10.6 Å². The van der Waals surface area contributed by atoms with E-state index in [4.69, 9.17) is 0 Å². The monoisotopic (exact) mass is 267 g/mol. The quantitative estimate of drug-likeness (QED) is 0.861. The fourth-order valence-corrected chi connectivity index (χ4v) is 2.36. The van der Waals surface area contributed by atoms with Gasteiger partial charge in [-0.2, -0.15) is 5.10 Å². The number of amides is 2. The van der Waals surface area contributed by atoms with Crippen LogP contribution in [0.3, 0.4) is 0 Å². The van der Waals surface area contributed by atoms with Crippen LogP contribution in [0, 0.1) is 0 Å². The number of rotatable bonds is 5. The average molecular weight is 267 g/mol. The Balaban J connectivity index is 1.79. The number of hydrogen-bond acceptors (Lipinski definition) is 4. The number of aromatic nitrogens is 3. The first kappa shape index (κ1) is 12.8. The minimum Gasteiger partial charge on any atom is -0.338 e. The highest BCUT2D eigenvalue weighted by molar-refractivity contribution is 7.15. The van der Waals surface area contributed by atoms with Crippen LogP contribution in [0.25, 0.3) is 4.96 Å². The number of fused-ring (bicyclic) bond motifs is 1. The van der Waals surface area contributed by atoms with Crippen molar-refractivity contribution in [2.75, 3.05) is 6.54 Å². The van der Waals surface area contributed by atoms with Gasteiger partial charge >= 0.3 is 6.03 Å². The van der Waals surface area contributed by atoms with Gasteiger partial charge in [0.05, 0.1) is 5.69 Å². The zero-order valence-corrected chi connectivity index (χ0v) is 11.3. The maximum Gasteiger partial charge on any atom is 0.315 e. The molecule has 6 nitrogen and oxygen atoms in total. The summed E-state index contributed by atoms with van der Waals surface area (Å²) >= 11 is 1.55. The molecule has 0 fully saturated rings. The van der Waals surface area contributed by atoms with Gasteiger partial charge in [0.15, 0.2) is 0 Å². The van der Waals surface area contributed by atoms with Gasteiger partial charge in [0.2, 0.25) is 4.96 Å². The summed E-state index contributed by atoms with van der Waals surface area (Å²) in [5.41, 5.74) is 1.07. The molecule has 0 aromatic carbocycles. The molecular weight excluding hydrogens is 250 g/mol. The van der Waals surface area contributed by atoms with Crippen molar-refractivity contribution in [3.63, 3.8) is 0 Å². The summed E-state index contributed by atoms with van der Waals surface area (Å²) in [5, 5.41) is 11.8. The number of hydrogen-bond donors (Lipinski definition) is 2. The summed E-state index contributed by atoms with van der Waals surface area (Å²) in [4.78, 5) is 16.5. The lowest BCUT2D eigenvalue weighted by Gasteiger charge is -2.12. The predicted molar refractivity (Wildman–Crippen MR) is 70.9 cm³/mol. The number of nitrogens with zero attached hydrogens (tertiary/aromatic N) is 3. The molecule has 0 aliphatic heterocycles. The molecule has 2 aromatic heterocycles. The number of nitrogens with one attached hydrogen (secondary N) is 2. The van der Waals surface area contributed by atoms with Gasteiger partial charge in [-0.1, -0.05) is 6.92 Å². The molecule has 1 atom stereocenters. The van der Waals surface area contributed by atoms with Gasteiger partial charge in [-0.05, 0) is 13.3 Å². The Labute approximate surface area is 109 Å². The van der Waals surface area contributed by atoms with Crippen LogP contribution in [-0.2, 0) is 6.42 Å². The zero-order chi connectivity index (χ0) is 13.0. The van der Waals surface area contributed by atoms with Crippen LogP contribution in [0.2, 0.25) is 0 Å². The van der Waals surface area contributed by atoms with E-state index in [0.717, 1.165) is 23.5 Å². The van der Waals surface area contributed by atoms with Gasteiger partial charge in [-0.15, -0.1) is 11.3 Å². The normalized spacial score (nSPS) is 12.6. The first-order valence-electron chi connectivity index (χ1n) is 6.01. The van der Waals surface area contributed by atoms with Crippen LogP contribution >= 0.6 is 11.3 Å². The molecule has 1 unspecified atom stereocenters. The lowest BCUT2D eigenvalue weighted by molar-refractivity contribution is 0.237. The second-order valence-corrected chi connectivity index (χ2v) is 4.98. The van der Waals surface area contributed by atoms with E-state index in [0.29, 0.717) is 6.54 Å². The number of carbonyl (C=O) groups is 1. The van der Waals surface area contributed by atoms with Crippen molar-refractivity contribution >= 4 is 22.3 Å². The molecular formula is C11H17N5OS. The first-order chi connectivity index (χ1) is 8.70. The number of carbonyl (C=O) groups excluding carboxylic acids is 1. The van der Waals surface area contributed by atoms with E-state index in [-0.39, 0.29) is 12.1 Å². The fourth-order valence-electron chi connectivity index (χ4n) is 1.52. The summed E-state index contributed by atoms with van der Waals surface area (Å²) in [5.74, 6) is 0. The molecule has 0 radical (unpaired) electrons. The van der Waals surface area contributed by atoms with E-state index in [2.05, 4.69) is 20.7 Å².